The Morgan fingerprint density at radius 3 is 2.63 bits per heavy atom. The van der Waals surface area contributed by atoms with Gasteiger partial charge in [0.05, 0.1) is 37.1 Å². The van der Waals surface area contributed by atoms with Crippen LogP contribution in [0.15, 0.2) is 55.6 Å². The van der Waals surface area contributed by atoms with Crippen LogP contribution in [0.2, 0.25) is 0 Å². The summed E-state index contributed by atoms with van der Waals surface area (Å²) in [6.07, 6.45) is 3.89. The first-order chi connectivity index (χ1) is 19.7. The topological polar surface area (TPSA) is 125 Å². The quantitative estimate of drug-likeness (QED) is 0.260. The predicted molar refractivity (Wildman–Crippen MR) is 151 cm³/mol. The number of likely N-dealkylation sites (tertiary alicyclic amines) is 1. The van der Waals surface area contributed by atoms with Gasteiger partial charge in [-0.15, -0.1) is 13.2 Å². The molecule has 0 radical (unpaired) electrons. The largest absolute Gasteiger partial charge is 0.460 e. The van der Waals surface area contributed by atoms with Crippen molar-refractivity contribution in [3.8, 4) is 0 Å². The number of hydrogen-bond donors (Lipinski definition) is 2. The van der Waals surface area contributed by atoms with Gasteiger partial charge in [-0.3, -0.25) is 19.2 Å². The van der Waals surface area contributed by atoms with Crippen LogP contribution in [-0.4, -0.2) is 88.2 Å². The highest BCUT2D eigenvalue weighted by Crippen LogP contribution is 2.59. The summed E-state index contributed by atoms with van der Waals surface area (Å²) in [5, 5.41) is 12.8. The fourth-order valence-corrected chi connectivity index (χ4v) is 6.46. The van der Waals surface area contributed by atoms with Crippen molar-refractivity contribution < 1.29 is 33.8 Å². The van der Waals surface area contributed by atoms with Crippen LogP contribution >= 0.6 is 0 Å². The minimum atomic E-state index is -1.20. The van der Waals surface area contributed by atoms with Crippen LogP contribution in [0.4, 0.5) is 0 Å². The molecule has 2 bridgehead atoms. The maximum atomic E-state index is 14.3. The second kappa shape index (κ2) is 13.0. The predicted octanol–water partition coefficient (Wildman–Crippen LogP) is 1.97. The van der Waals surface area contributed by atoms with E-state index in [9.17, 15) is 24.3 Å². The van der Waals surface area contributed by atoms with Crippen LogP contribution in [0.1, 0.15) is 45.1 Å². The molecule has 3 saturated heterocycles. The molecule has 10 nitrogen and oxygen atoms in total. The number of esters is 1. The molecule has 1 aromatic rings. The van der Waals surface area contributed by atoms with Gasteiger partial charge in [-0.1, -0.05) is 42.5 Å². The second-order valence-electron chi connectivity index (χ2n) is 11.2. The summed E-state index contributed by atoms with van der Waals surface area (Å²) in [5.74, 6) is -3.25. The van der Waals surface area contributed by atoms with Crippen molar-refractivity contribution in [2.45, 2.75) is 76.0 Å². The average molecular weight is 568 g/mol. The normalized spacial score (nSPS) is 27.6. The van der Waals surface area contributed by atoms with Gasteiger partial charge in [0.1, 0.15) is 17.7 Å². The van der Waals surface area contributed by atoms with E-state index in [0.29, 0.717) is 32.2 Å². The molecule has 0 aromatic heterocycles. The number of fused-ring (bicyclic) bond motifs is 1. The van der Waals surface area contributed by atoms with Crippen LogP contribution in [0.3, 0.4) is 0 Å². The van der Waals surface area contributed by atoms with Gasteiger partial charge in [0, 0.05) is 19.5 Å². The smallest absolute Gasteiger partial charge is 0.312 e. The first kappa shape index (κ1) is 30.5. The summed E-state index contributed by atoms with van der Waals surface area (Å²) in [5.41, 5.74) is -0.281. The fourth-order valence-electron chi connectivity index (χ4n) is 6.46. The van der Waals surface area contributed by atoms with E-state index in [2.05, 4.69) is 18.5 Å². The molecule has 41 heavy (non-hydrogen) atoms. The molecule has 7 atom stereocenters. The Hall–Kier alpha value is -3.50. The highest BCUT2D eigenvalue weighted by atomic mass is 16.6. The summed E-state index contributed by atoms with van der Waals surface area (Å²) in [6, 6.07) is 7.86. The molecule has 4 rings (SSSR count). The maximum absolute atomic E-state index is 14.3. The van der Waals surface area contributed by atoms with E-state index in [-0.39, 0.29) is 31.5 Å². The van der Waals surface area contributed by atoms with Crippen molar-refractivity contribution in [1.29, 1.82) is 0 Å². The number of carbonyl (C=O) groups is 4. The molecule has 1 spiro atoms. The first-order valence-corrected chi connectivity index (χ1v) is 14.3. The average Bonchev–Trinajstić information content (AvgIpc) is 3.61. The number of allylic oxidation sites excluding steroid dienone is 1. The molecular formula is C31H41N3O7. The lowest BCUT2D eigenvalue weighted by molar-refractivity contribution is -0.160. The molecule has 3 fully saturated rings. The van der Waals surface area contributed by atoms with E-state index in [0.717, 1.165) is 5.56 Å². The number of nitrogens with one attached hydrogen (secondary N) is 1. The van der Waals surface area contributed by atoms with Gasteiger partial charge < -0.3 is 29.7 Å². The van der Waals surface area contributed by atoms with E-state index in [4.69, 9.17) is 9.47 Å². The third-order valence-corrected chi connectivity index (χ3v) is 8.34. The summed E-state index contributed by atoms with van der Waals surface area (Å²) in [7, 11) is 0. The van der Waals surface area contributed by atoms with Gasteiger partial charge in [-0.2, -0.15) is 0 Å². The fraction of sp³-hybridized carbons (Fsp3) is 0.548. The Labute approximate surface area is 241 Å². The molecular weight excluding hydrogens is 526 g/mol. The molecule has 3 aliphatic rings. The number of hydrogen-bond acceptors (Lipinski definition) is 7. The van der Waals surface area contributed by atoms with Gasteiger partial charge in [-0.05, 0) is 38.7 Å². The zero-order valence-electron chi connectivity index (χ0n) is 23.9. The summed E-state index contributed by atoms with van der Waals surface area (Å²) >= 11 is 0. The summed E-state index contributed by atoms with van der Waals surface area (Å²) in [6.45, 7) is 11.1. The molecule has 3 aliphatic heterocycles. The number of benzene rings is 1. The highest BCUT2D eigenvalue weighted by molar-refractivity contribution is 5.98. The number of ether oxygens (including phenoxy) is 2. The number of carbonyl (C=O) groups excluding carboxylic acids is 4. The molecule has 0 saturated carbocycles. The van der Waals surface area contributed by atoms with Crippen molar-refractivity contribution in [2.75, 3.05) is 19.7 Å². The third kappa shape index (κ3) is 5.94. The number of amides is 3. The minimum Gasteiger partial charge on any atom is -0.460 e. The van der Waals surface area contributed by atoms with Gasteiger partial charge in [0.25, 0.3) is 0 Å². The van der Waals surface area contributed by atoms with Gasteiger partial charge in [0.2, 0.25) is 17.7 Å². The van der Waals surface area contributed by atoms with Crippen LogP contribution in [0.25, 0.3) is 0 Å². The molecule has 3 amide bonds. The van der Waals surface area contributed by atoms with E-state index in [1.807, 2.05) is 30.3 Å². The van der Waals surface area contributed by atoms with Gasteiger partial charge >= 0.3 is 5.97 Å². The van der Waals surface area contributed by atoms with Crippen LogP contribution in [0.5, 0.6) is 0 Å². The third-order valence-electron chi connectivity index (χ3n) is 8.34. The van der Waals surface area contributed by atoms with E-state index < -0.39 is 53.6 Å². The molecule has 0 aliphatic carbocycles. The molecule has 2 N–H and O–H groups in total. The molecule has 10 heteroatoms. The van der Waals surface area contributed by atoms with E-state index >= 15 is 0 Å². The number of rotatable bonds is 14. The van der Waals surface area contributed by atoms with Crippen molar-refractivity contribution >= 4 is 23.7 Å². The lowest BCUT2D eigenvalue weighted by Gasteiger charge is -2.38. The Kier molecular flexibility index (Phi) is 9.65. The van der Waals surface area contributed by atoms with E-state index in [1.54, 1.807) is 30.9 Å². The van der Waals surface area contributed by atoms with E-state index in [1.165, 1.54) is 4.90 Å². The molecule has 0 unspecified atom stereocenters. The van der Waals surface area contributed by atoms with Crippen molar-refractivity contribution in [1.82, 2.24) is 15.1 Å². The minimum absolute atomic E-state index is 0.133. The Balaban J connectivity index is 1.57. The van der Waals surface area contributed by atoms with Crippen LogP contribution in [0, 0.1) is 11.8 Å². The first-order valence-electron chi connectivity index (χ1n) is 14.3. The second-order valence-corrected chi connectivity index (χ2v) is 11.2. The van der Waals surface area contributed by atoms with Crippen LogP contribution in [-0.2, 0) is 35.2 Å². The molecule has 1 aromatic carbocycles. The standard InChI is InChI=1S/C31H41N3O7/c1-5-7-13-24(36)32-17-21(4)40-30(39)25-23-14-15-31(41-23)26(25)28(37)34(20(3)19-35)27(31)29(38)33(16-6-2)18-22-11-9-8-10-12-22/h5-6,8-12,20-21,23,25-27,35H,1-2,7,13-19H2,3-4H3,(H,32,36)/t20-,21-,23+,25-,26-,27+,31-/m1/s1. The number of nitrogens with zero attached hydrogens (tertiary/aromatic N) is 2. The summed E-state index contributed by atoms with van der Waals surface area (Å²) in [4.78, 5) is 56.8. The highest BCUT2D eigenvalue weighted by Gasteiger charge is 2.75. The lowest BCUT2D eigenvalue weighted by atomic mass is 9.70. The Bertz CT molecular complexity index is 1160. The van der Waals surface area contributed by atoms with Gasteiger partial charge in [-0.25, -0.2) is 0 Å². The molecule has 222 valence electrons. The number of aliphatic hydroxyl groups excluding tert-OH is 1. The molecule has 3 heterocycles. The Morgan fingerprint density at radius 2 is 1.98 bits per heavy atom. The SMILES string of the molecule is C=CCCC(=O)NC[C@@H](C)OC(=O)[C@@H]1[C@@H]2CC[C@]3(O2)[C@H](C(=O)N(CC=C)Cc2ccccc2)N([C@H](C)CO)C(=O)[C@@H]13. The van der Waals surface area contributed by atoms with Crippen molar-refractivity contribution in [3.63, 3.8) is 0 Å². The lowest BCUT2D eigenvalue weighted by Crippen LogP contribution is -2.58. The van der Waals surface area contributed by atoms with Crippen molar-refractivity contribution in [3.05, 3.63) is 61.2 Å². The summed E-state index contributed by atoms with van der Waals surface area (Å²) < 4.78 is 12.1. The van der Waals surface area contributed by atoms with Gasteiger partial charge in [0.15, 0.2) is 0 Å². The zero-order valence-corrected chi connectivity index (χ0v) is 23.9. The number of aliphatic hydroxyl groups is 1. The van der Waals surface area contributed by atoms with Crippen molar-refractivity contribution in [2.24, 2.45) is 11.8 Å². The monoisotopic (exact) mass is 567 g/mol. The van der Waals surface area contributed by atoms with Crippen LogP contribution < -0.4 is 5.32 Å². The zero-order chi connectivity index (χ0) is 29.7. The maximum Gasteiger partial charge on any atom is 0.312 e. The Morgan fingerprint density at radius 1 is 1.24 bits per heavy atom.